The molecule has 0 radical (unpaired) electrons. The standard InChI is InChI=1S/C15H15BrN2O2/c1-10-6-13(11-4-2-3-5-12(11)16)18-14(17-10)15(7-19)8-20-9-15/h2-6,19H,7-9H2,1H3. The number of halogens is 1. The molecule has 0 unspecified atom stereocenters. The van der Waals surface area contributed by atoms with E-state index in [-0.39, 0.29) is 6.61 Å². The van der Waals surface area contributed by atoms with Gasteiger partial charge in [0.05, 0.1) is 30.9 Å². The fraction of sp³-hybridized carbons (Fsp3) is 0.333. The van der Waals surface area contributed by atoms with Crippen molar-refractivity contribution >= 4 is 15.9 Å². The molecule has 104 valence electrons. The van der Waals surface area contributed by atoms with Crippen LogP contribution >= 0.6 is 15.9 Å². The van der Waals surface area contributed by atoms with E-state index in [1.807, 2.05) is 37.3 Å². The van der Waals surface area contributed by atoms with Gasteiger partial charge >= 0.3 is 0 Å². The molecule has 5 heteroatoms. The van der Waals surface area contributed by atoms with E-state index in [1.165, 1.54) is 0 Å². The zero-order chi connectivity index (χ0) is 14.2. The second kappa shape index (κ2) is 5.24. The first-order valence-electron chi connectivity index (χ1n) is 6.44. The molecule has 3 rings (SSSR count). The Hall–Kier alpha value is -1.30. The Labute approximate surface area is 126 Å². The lowest BCUT2D eigenvalue weighted by atomic mass is 9.85. The Morgan fingerprint density at radius 2 is 2.05 bits per heavy atom. The minimum absolute atomic E-state index is 0.00581. The average molecular weight is 335 g/mol. The van der Waals surface area contributed by atoms with Gasteiger partial charge in [0.2, 0.25) is 0 Å². The maximum absolute atomic E-state index is 9.63. The minimum atomic E-state index is -0.442. The van der Waals surface area contributed by atoms with Gasteiger partial charge in [-0.2, -0.15) is 0 Å². The van der Waals surface area contributed by atoms with Crippen molar-refractivity contribution < 1.29 is 9.84 Å². The van der Waals surface area contributed by atoms with Crippen LogP contribution in [0.5, 0.6) is 0 Å². The van der Waals surface area contributed by atoms with Crippen molar-refractivity contribution in [3.05, 3.63) is 46.3 Å². The van der Waals surface area contributed by atoms with E-state index in [2.05, 4.69) is 25.9 Å². The van der Waals surface area contributed by atoms with E-state index in [9.17, 15) is 5.11 Å². The highest BCUT2D eigenvalue weighted by Gasteiger charge is 2.43. The Morgan fingerprint density at radius 1 is 1.30 bits per heavy atom. The van der Waals surface area contributed by atoms with Crippen molar-refractivity contribution in [2.45, 2.75) is 12.3 Å². The molecule has 2 heterocycles. The normalized spacial score (nSPS) is 16.8. The van der Waals surface area contributed by atoms with Crippen LogP contribution in [0.15, 0.2) is 34.8 Å². The molecule has 1 aromatic heterocycles. The molecular formula is C15H15BrN2O2. The molecule has 0 atom stereocenters. The van der Waals surface area contributed by atoms with Crippen LogP contribution in [0.3, 0.4) is 0 Å². The number of hydrogen-bond acceptors (Lipinski definition) is 4. The summed E-state index contributed by atoms with van der Waals surface area (Å²) in [6.07, 6.45) is 0. The number of nitrogens with zero attached hydrogens (tertiary/aromatic N) is 2. The zero-order valence-electron chi connectivity index (χ0n) is 11.1. The van der Waals surface area contributed by atoms with Gasteiger partial charge in [-0.25, -0.2) is 9.97 Å². The first kappa shape index (κ1) is 13.7. The van der Waals surface area contributed by atoms with E-state index in [0.717, 1.165) is 21.4 Å². The molecule has 1 saturated heterocycles. The number of aromatic nitrogens is 2. The summed E-state index contributed by atoms with van der Waals surface area (Å²) >= 11 is 3.55. The fourth-order valence-electron chi connectivity index (χ4n) is 2.25. The van der Waals surface area contributed by atoms with Gasteiger partial charge in [0, 0.05) is 15.7 Å². The SMILES string of the molecule is Cc1cc(-c2ccccc2Br)nc(C2(CO)COC2)n1. The number of ether oxygens (including phenoxy) is 1. The third-order valence-corrected chi connectivity index (χ3v) is 4.23. The maximum Gasteiger partial charge on any atom is 0.142 e. The molecule has 1 aliphatic rings. The molecule has 2 aromatic rings. The molecule has 0 aliphatic carbocycles. The van der Waals surface area contributed by atoms with E-state index in [0.29, 0.717) is 19.0 Å². The maximum atomic E-state index is 9.63. The summed E-state index contributed by atoms with van der Waals surface area (Å²) < 4.78 is 6.24. The lowest BCUT2D eigenvalue weighted by Crippen LogP contribution is -2.51. The summed E-state index contributed by atoms with van der Waals surface area (Å²) in [5.41, 5.74) is 2.33. The Kier molecular flexibility index (Phi) is 3.58. The van der Waals surface area contributed by atoms with Gasteiger partial charge in [-0.05, 0) is 19.1 Å². The minimum Gasteiger partial charge on any atom is -0.395 e. The Bertz CT molecular complexity index is 636. The largest absolute Gasteiger partial charge is 0.395 e. The van der Waals surface area contributed by atoms with Gasteiger partial charge in [-0.3, -0.25) is 0 Å². The van der Waals surface area contributed by atoms with Gasteiger partial charge in [-0.15, -0.1) is 0 Å². The molecule has 1 aliphatic heterocycles. The van der Waals surface area contributed by atoms with Crippen LogP contribution in [0.1, 0.15) is 11.5 Å². The summed E-state index contributed by atoms with van der Waals surface area (Å²) in [4.78, 5) is 9.14. The third-order valence-electron chi connectivity index (χ3n) is 3.54. The van der Waals surface area contributed by atoms with Gasteiger partial charge in [0.15, 0.2) is 0 Å². The third kappa shape index (κ3) is 2.26. The highest BCUT2D eigenvalue weighted by Crippen LogP contribution is 2.32. The predicted octanol–water partition coefficient (Wildman–Crippen LogP) is 2.47. The highest BCUT2D eigenvalue weighted by atomic mass is 79.9. The van der Waals surface area contributed by atoms with E-state index >= 15 is 0 Å². The second-order valence-electron chi connectivity index (χ2n) is 5.13. The summed E-state index contributed by atoms with van der Waals surface area (Å²) in [6, 6.07) is 9.90. The summed E-state index contributed by atoms with van der Waals surface area (Å²) in [6.45, 7) is 2.90. The van der Waals surface area contributed by atoms with Gasteiger partial charge in [0.1, 0.15) is 5.82 Å². The number of hydrogen-bond donors (Lipinski definition) is 1. The first-order chi connectivity index (χ1) is 9.64. The molecule has 0 amide bonds. The highest BCUT2D eigenvalue weighted by molar-refractivity contribution is 9.10. The first-order valence-corrected chi connectivity index (χ1v) is 7.24. The summed E-state index contributed by atoms with van der Waals surface area (Å²) in [7, 11) is 0. The number of benzene rings is 1. The van der Waals surface area contributed by atoms with Crippen molar-refractivity contribution in [2.75, 3.05) is 19.8 Å². The lowest BCUT2D eigenvalue weighted by Gasteiger charge is -2.38. The molecule has 0 bridgehead atoms. The van der Waals surface area contributed by atoms with Crippen LogP contribution in [-0.2, 0) is 10.2 Å². The molecule has 1 aromatic carbocycles. The van der Waals surface area contributed by atoms with Crippen LogP contribution in [0, 0.1) is 6.92 Å². The predicted molar refractivity (Wildman–Crippen MR) is 79.5 cm³/mol. The zero-order valence-corrected chi connectivity index (χ0v) is 12.7. The molecular weight excluding hydrogens is 320 g/mol. The summed E-state index contributed by atoms with van der Waals surface area (Å²) in [5.74, 6) is 0.664. The Balaban J connectivity index is 2.10. The van der Waals surface area contributed by atoms with E-state index in [4.69, 9.17) is 4.74 Å². The van der Waals surface area contributed by atoms with Gasteiger partial charge in [0.25, 0.3) is 0 Å². The van der Waals surface area contributed by atoms with Crippen LogP contribution in [0.4, 0.5) is 0 Å². The van der Waals surface area contributed by atoms with Crippen molar-refractivity contribution in [2.24, 2.45) is 0 Å². The molecule has 1 fully saturated rings. The van der Waals surface area contributed by atoms with Crippen molar-refractivity contribution in [1.82, 2.24) is 9.97 Å². The molecule has 0 spiro atoms. The fourth-order valence-corrected chi connectivity index (χ4v) is 2.74. The number of rotatable bonds is 3. The van der Waals surface area contributed by atoms with Crippen LogP contribution in [-0.4, -0.2) is 34.9 Å². The summed E-state index contributed by atoms with van der Waals surface area (Å²) in [5, 5.41) is 9.63. The number of aliphatic hydroxyl groups is 1. The quantitative estimate of drug-likeness (QED) is 0.936. The van der Waals surface area contributed by atoms with Gasteiger partial charge in [-0.1, -0.05) is 34.1 Å². The topological polar surface area (TPSA) is 55.2 Å². The number of aliphatic hydroxyl groups excluding tert-OH is 1. The van der Waals surface area contributed by atoms with Crippen molar-refractivity contribution in [3.63, 3.8) is 0 Å². The molecule has 4 nitrogen and oxygen atoms in total. The van der Waals surface area contributed by atoms with Gasteiger partial charge < -0.3 is 9.84 Å². The number of aryl methyl sites for hydroxylation is 1. The molecule has 20 heavy (non-hydrogen) atoms. The van der Waals surface area contributed by atoms with Crippen molar-refractivity contribution in [3.8, 4) is 11.3 Å². The molecule has 0 saturated carbocycles. The van der Waals surface area contributed by atoms with Crippen LogP contribution in [0.25, 0.3) is 11.3 Å². The van der Waals surface area contributed by atoms with Crippen LogP contribution < -0.4 is 0 Å². The van der Waals surface area contributed by atoms with Crippen LogP contribution in [0.2, 0.25) is 0 Å². The lowest BCUT2D eigenvalue weighted by molar-refractivity contribution is -0.0884. The van der Waals surface area contributed by atoms with E-state index < -0.39 is 5.41 Å². The second-order valence-corrected chi connectivity index (χ2v) is 5.98. The Morgan fingerprint density at radius 3 is 2.65 bits per heavy atom. The smallest absolute Gasteiger partial charge is 0.142 e. The average Bonchev–Trinajstić information content (AvgIpc) is 2.38. The van der Waals surface area contributed by atoms with Crippen molar-refractivity contribution in [1.29, 1.82) is 0 Å². The van der Waals surface area contributed by atoms with E-state index in [1.54, 1.807) is 0 Å². The molecule has 1 N–H and O–H groups in total. The monoisotopic (exact) mass is 334 g/mol.